The van der Waals surface area contributed by atoms with Crippen LogP contribution in [0, 0.1) is 12.8 Å². The van der Waals surface area contributed by atoms with Crippen LogP contribution in [0.2, 0.25) is 0 Å². The monoisotopic (exact) mass is 264 g/mol. The zero-order valence-electron chi connectivity index (χ0n) is 11.9. The van der Waals surface area contributed by atoms with Crippen LogP contribution in [0.3, 0.4) is 0 Å². The summed E-state index contributed by atoms with van der Waals surface area (Å²) < 4.78 is 6.37. The average molecular weight is 264 g/mol. The summed E-state index contributed by atoms with van der Waals surface area (Å²) in [7, 11) is 0. The quantitative estimate of drug-likeness (QED) is 0.703. The van der Waals surface area contributed by atoms with Crippen molar-refractivity contribution in [3.8, 4) is 5.75 Å². The summed E-state index contributed by atoms with van der Waals surface area (Å²) in [6.07, 6.45) is 4.17. The number of rotatable bonds is 1. The maximum Gasteiger partial charge on any atom is 0.127 e. The van der Waals surface area contributed by atoms with Gasteiger partial charge in [0.2, 0.25) is 0 Å². The van der Waals surface area contributed by atoms with Crippen LogP contribution in [-0.2, 0) is 0 Å². The van der Waals surface area contributed by atoms with Gasteiger partial charge in [-0.25, -0.2) is 0 Å². The summed E-state index contributed by atoms with van der Waals surface area (Å²) in [6, 6.07) is 17.5. The third kappa shape index (κ3) is 1.84. The van der Waals surface area contributed by atoms with E-state index in [-0.39, 0.29) is 6.10 Å². The highest BCUT2D eigenvalue weighted by atomic mass is 16.5. The zero-order valence-corrected chi connectivity index (χ0v) is 11.9. The van der Waals surface area contributed by atoms with Crippen LogP contribution >= 0.6 is 0 Å². The Hall–Kier alpha value is -1.76. The van der Waals surface area contributed by atoms with Crippen molar-refractivity contribution in [2.24, 2.45) is 5.92 Å². The van der Waals surface area contributed by atoms with E-state index in [0.29, 0.717) is 11.8 Å². The second-order valence-electron chi connectivity index (χ2n) is 6.19. The van der Waals surface area contributed by atoms with Gasteiger partial charge in [0.15, 0.2) is 0 Å². The van der Waals surface area contributed by atoms with Crippen molar-refractivity contribution in [1.82, 2.24) is 0 Å². The second-order valence-corrected chi connectivity index (χ2v) is 6.19. The number of ether oxygens (including phenoxy) is 1. The van der Waals surface area contributed by atoms with Crippen LogP contribution in [0.15, 0.2) is 48.5 Å². The van der Waals surface area contributed by atoms with E-state index < -0.39 is 0 Å². The number of fused-ring (bicyclic) bond motifs is 3. The first-order valence-corrected chi connectivity index (χ1v) is 7.65. The first-order valence-electron chi connectivity index (χ1n) is 7.65. The van der Waals surface area contributed by atoms with Crippen LogP contribution in [0.1, 0.15) is 48.0 Å². The van der Waals surface area contributed by atoms with Gasteiger partial charge in [-0.2, -0.15) is 0 Å². The van der Waals surface area contributed by atoms with Crippen molar-refractivity contribution < 1.29 is 4.74 Å². The molecule has 1 fully saturated rings. The number of benzene rings is 2. The lowest BCUT2D eigenvalue weighted by atomic mass is 9.80. The highest BCUT2D eigenvalue weighted by Crippen LogP contribution is 2.53. The van der Waals surface area contributed by atoms with Crippen molar-refractivity contribution in [3.63, 3.8) is 0 Å². The first kappa shape index (κ1) is 12.0. The molecule has 2 aromatic carbocycles. The summed E-state index contributed by atoms with van der Waals surface area (Å²) in [5.74, 6) is 2.43. The highest BCUT2D eigenvalue weighted by Gasteiger charge is 2.41. The molecule has 0 radical (unpaired) electrons. The van der Waals surface area contributed by atoms with Crippen LogP contribution in [-0.4, -0.2) is 0 Å². The topological polar surface area (TPSA) is 9.23 Å². The Morgan fingerprint density at radius 3 is 2.60 bits per heavy atom. The average Bonchev–Trinajstić information content (AvgIpc) is 2.97. The van der Waals surface area contributed by atoms with Crippen LogP contribution in [0.25, 0.3) is 0 Å². The molecule has 1 aliphatic heterocycles. The Kier molecular flexibility index (Phi) is 2.80. The Bertz CT molecular complexity index is 614. The molecule has 0 saturated heterocycles. The molecule has 4 rings (SSSR count). The summed E-state index contributed by atoms with van der Waals surface area (Å²) in [6.45, 7) is 2.14. The lowest BCUT2D eigenvalue weighted by molar-refractivity contribution is 0.104. The fraction of sp³-hybridized carbons (Fsp3) is 0.368. The van der Waals surface area contributed by atoms with Gasteiger partial charge in [-0.1, -0.05) is 54.4 Å². The van der Waals surface area contributed by atoms with E-state index in [9.17, 15) is 0 Å². The molecule has 1 heterocycles. The predicted octanol–water partition coefficient (Wildman–Crippen LogP) is 5.01. The van der Waals surface area contributed by atoms with Crippen molar-refractivity contribution in [2.75, 3.05) is 0 Å². The molecular formula is C19H20O. The molecule has 102 valence electrons. The van der Waals surface area contributed by atoms with Gasteiger partial charge in [0, 0.05) is 5.92 Å². The Morgan fingerprint density at radius 2 is 1.75 bits per heavy atom. The van der Waals surface area contributed by atoms with Crippen LogP contribution in [0.4, 0.5) is 0 Å². The van der Waals surface area contributed by atoms with E-state index in [0.717, 1.165) is 5.75 Å². The Morgan fingerprint density at radius 1 is 0.950 bits per heavy atom. The van der Waals surface area contributed by atoms with E-state index in [1.54, 1.807) is 0 Å². The molecule has 0 spiro atoms. The maximum absolute atomic E-state index is 6.37. The molecule has 2 aliphatic rings. The largest absolute Gasteiger partial charge is 0.485 e. The summed E-state index contributed by atoms with van der Waals surface area (Å²) in [5.41, 5.74) is 4.08. The van der Waals surface area contributed by atoms with Gasteiger partial charge in [0.1, 0.15) is 11.9 Å². The van der Waals surface area contributed by atoms with E-state index in [2.05, 4.69) is 55.5 Å². The molecule has 1 heteroatoms. The molecule has 20 heavy (non-hydrogen) atoms. The SMILES string of the molecule is Cc1ccc([C@H]2Oc3ccccc3[C@H]3CCC[C@H]32)cc1. The van der Waals surface area contributed by atoms with Gasteiger partial charge in [-0.15, -0.1) is 0 Å². The molecule has 2 aromatic rings. The molecule has 0 N–H and O–H groups in total. The Labute approximate surface area is 120 Å². The van der Waals surface area contributed by atoms with Crippen LogP contribution < -0.4 is 4.74 Å². The standard InChI is InChI=1S/C19H20O/c1-13-9-11-14(12-10-13)19-17-7-4-6-15(17)16-5-2-3-8-18(16)20-19/h2-3,5,8-12,15,17,19H,4,6-7H2,1H3/t15-,17-,19-/m1/s1. The van der Waals surface area contributed by atoms with Crippen molar-refractivity contribution in [2.45, 2.75) is 38.2 Å². The molecule has 1 aliphatic carbocycles. The molecule has 0 aromatic heterocycles. The van der Waals surface area contributed by atoms with Gasteiger partial charge in [0.05, 0.1) is 0 Å². The molecular weight excluding hydrogens is 244 g/mol. The number of para-hydroxylation sites is 1. The summed E-state index contributed by atoms with van der Waals surface area (Å²) in [4.78, 5) is 0. The maximum atomic E-state index is 6.37. The van der Waals surface area contributed by atoms with Crippen molar-refractivity contribution >= 4 is 0 Å². The summed E-state index contributed by atoms with van der Waals surface area (Å²) in [5, 5.41) is 0. The minimum absolute atomic E-state index is 0.234. The highest BCUT2D eigenvalue weighted by molar-refractivity contribution is 5.41. The first-order chi connectivity index (χ1) is 9.83. The Balaban J connectivity index is 1.76. The molecule has 1 nitrogen and oxygen atoms in total. The van der Waals surface area contributed by atoms with Gasteiger partial charge in [-0.3, -0.25) is 0 Å². The minimum atomic E-state index is 0.234. The summed E-state index contributed by atoms with van der Waals surface area (Å²) >= 11 is 0. The molecule has 0 bridgehead atoms. The lowest BCUT2D eigenvalue weighted by Crippen LogP contribution is -2.26. The normalized spacial score (nSPS) is 27.6. The molecule has 0 amide bonds. The molecule has 0 unspecified atom stereocenters. The van der Waals surface area contributed by atoms with E-state index in [1.807, 2.05) is 0 Å². The van der Waals surface area contributed by atoms with Gasteiger partial charge < -0.3 is 4.74 Å². The van der Waals surface area contributed by atoms with Gasteiger partial charge in [0.25, 0.3) is 0 Å². The fourth-order valence-electron chi connectivity index (χ4n) is 3.93. The lowest BCUT2D eigenvalue weighted by Gasteiger charge is -2.36. The molecule has 1 saturated carbocycles. The second kappa shape index (κ2) is 4.66. The van der Waals surface area contributed by atoms with Gasteiger partial charge in [-0.05, 0) is 42.9 Å². The molecule has 3 atom stereocenters. The smallest absolute Gasteiger partial charge is 0.127 e. The van der Waals surface area contributed by atoms with Gasteiger partial charge >= 0.3 is 0 Å². The number of aryl methyl sites for hydroxylation is 1. The van der Waals surface area contributed by atoms with Crippen molar-refractivity contribution in [1.29, 1.82) is 0 Å². The fourth-order valence-corrected chi connectivity index (χ4v) is 3.93. The number of hydrogen-bond acceptors (Lipinski definition) is 1. The zero-order chi connectivity index (χ0) is 13.5. The minimum Gasteiger partial charge on any atom is -0.485 e. The number of hydrogen-bond donors (Lipinski definition) is 0. The van der Waals surface area contributed by atoms with Crippen LogP contribution in [0.5, 0.6) is 5.75 Å². The third-order valence-electron chi connectivity index (χ3n) is 4.94. The third-order valence-corrected chi connectivity index (χ3v) is 4.94. The predicted molar refractivity (Wildman–Crippen MR) is 81.1 cm³/mol. The van der Waals surface area contributed by atoms with E-state index in [1.165, 1.54) is 36.0 Å². The van der Waals surface area contributed by atoms with Crippen molar-refractivity contribution in [3.05, 3.63) is 65.2 Å². The van der Waals surface area contributed by atoms with E-state index in [4.69, 9.17) is 4.74 Å². The van der Waals surface area contributed by atoms with E-state index >= 15 is 0 Å².